The molecule has 0 radical (unpaired) electrons. The van der Waals surface area contributed by atoms with Crippen LogP contribution < -0.4 is 14.8 Å². The zero-order valence-electron chi connectivity index (χ0n) is 13.6. The fraction of sp³-hybridized carbons (Fsp3) is 0.294. The van der Waals surface area contributed by atoms with E-state index >= 15 is 0 Å². The zero-order valence-corrected chi connectivity index (χ0v) is 15.2. The van der Waals surface area contributed by atoms with Gasteiger partial charge in [0.15, 0.2) is 5.78 Å². The van der Waals surface area contributed by atoms with Crippen LogP contribution in [0.3, 0.4) is 0 Å². The summed E-state index contributed by atoms with van der Waals surface area (Å²) >= 11 is 7.50. The summed E-state index contributed by atoms with van der Waals surface area (Å²) in [6.45, 7) is 1.94. The van der Waals surface area contributed by atoms with Gasteiger partial charge < -0.3 is 14.8 Å². The third kappa shape index (κ3) is 4.49. The molecular weight excluding hydrogens is 350 g/mol. The average Bonchev–Trinajstić information content (AvgIpc) is 2.99. The van der Waals surface area contributed by atoms with Crippen molar-refractivity contribution >= 4 is 40.3 Å². The predicted molar refractivity (Wildman–Crippen MR) is 95.8 cm³/mol. The van der Waals surface area contributed by atoms with Crippen molar-refractivity contribution in [2.24, 2.45) is 0 Å². The van der Waals surface area contributed by atoms with Gasteiger partial charge >= 0.3 is 0 Å². The second kappa shape index (κ2) is 8.17. The van der Waals surface area contributed by atoms with Crippen molar-refractivity contribution in [1.82, 2.24) is 0 Å². The lowest BCUT2D eigenvalue weighted by Crippen LogP contribution is -2.14. The van der Waals surface area contributed by atoms with Gasteiger partial charge in [-0.05, 0) is 25.1 Å². The molecule has 1 N–H and O–H groups in total. The molecule has 128 valence electrons. The number of nitrogens with one attached hydrogen (secondary N) is 1. The standard InChI is InChI=1S/C17H18ClNO4S/c1-10-4-6-16(24-10)13(20)5-7-17(21)19-12-8-11(18)14(22-2)9-15(12)23-3/h4,6,8-9H,5,7H2,1-3H3,(H,19,21). The summed E-state index contributed by atoms with van der Waals surface area (Å²) in [5.74, 6) is 0.568. The van der Waals surface area contributed by atoms with Gasteiger partial charge in [0.05, 0.1) is 29.8 Å². The first-order valence-corrected chi connectivity index (χ1v) is 8.45. The lowest BCUT2D eigenvalue weighted by atomic mass is 10.2. The molecule has 1 aromatic heterocycles. The number of aryl methyl sites for hydroxylation is 1. The number of benzene rings is 1. The van der Waals surface area contributed by atoms with Crippen LogP contribution in [0.2, 0.25) is 5.02 Å². The first kappa shape index (κ1) is 18.3. The quantitative estimate of drug-likeness (QED) is 0.740. The third-order valence-electron chi connectivity index (χ3n) is 3.34. The van der Waals surface area contributed by atoms with Gasteiger partial charge in [-0.1, -0.05) is 11.6 Å². The Morgan fingerprint density at radius 1 is 1.12 bits per heavy atom. The number of anilines is 1. The highest BCUT2D eigenvalue weighted by molar-refractivity contribution is 7.14. The van der Waals surface area contributed by atoms with Gasteiger partial charge in [-0.15, -0.1) is 11.3 Å². The number of amides is 1. The number of carbonyl (C=O) groups excluding carboxylic acids is 2. The second-order valence-electron chi connectivity index (χ2n) is 5.07. The molecule has 5 nitrogen and oxygen atoms in total. The molecule has 1 heterocycles. The Labute approximate surface area is 149 Å². The van der Waals surface area contributed by atoms with Crippen molar-refractivity contribution in [3.05, 3.63) is 39.0 Å². The first-order chi connectivity index (χ1) is 11.4. The van der Waals surface area contributed by atoms with Gasteiger partial charge in [0.1, 0.15) is 11.5 Å². The van der Waals surface area contributed by atoms with Crippen molar-refractivity contribution in [3.8, 4) is 11.5 Å². The summed E-state index contributed by atoms with van der Waals surface area (Å²) < 4.78 is 10.3. The molecule has 0 saturated carbocycles. The van der Waals surface area contributed by atoms with Gasteiger partial charge in [-0.25, -0.2) is 0 Å². The smallest absolute Gasteiger partial charge is 0.224 e. The molecule has 0 fully saturated rings. The molecule has 1 aromatic carbocycles. The third-order valence-corrected chi connectivity index (χ3v) is 4.68. The number of ketones is 1. The molecule has 0 saturated heterocycles. The fourth-order valence-corrected chi connectivity index (χ4v) is 3.18. The minimum absolute atomic E-state index is 0.0389. The second-order valence-corrected chi connectivity index (χ2v) is 6.76. The molecule has 2 rings (SSSR count). The number of halogens is 1. The van der Waals surface area contributed by atoms with Crippen LogP contribution in [0, 0.1) is 6.92 Å². The molecule has 0 spiro atoms. The summed E-state index contributed by atoms with van der Waals surface area (Å²) in [6, 6.07) is 6.83. The largest absolute Gasteiger partial charge is 0.495 e. The number of rotatable bonds is 7. The molecule has 0 bridgehead atoms. The first-order valence-electron chi connectivity index (χ1n) is 7.25. The van der Waals surface area contributed by atoms with Gasteiger partial charge in [0, 0.05) is 23.8 Å². The molecular formula is C17H18ClNO4S. The number of methoxy groups -OCH3 is 2. The molecule has 7 heteroatoms. The van der Waals surface area contributed by atoms with Crippen LogP contribution in [-0.2, 0) is 4.79 Å². The maximum atomic E-state index is 12.1. The lowest BCUT2D eigenvalue weighted by molar-refractivity contribution is -0.116. The van der Waals surface area contributed by atoms with Crippen LogP contribution in [0.15, 0.2) is 24.3 Å². The Balaban J connectivity index is 1.99. The van der Waals surface area contributed by atoms with Crippen molar-refractivity contribution in [3.63, 3.8) is 0 Å². The van der Waals surface area contributed by atoms with Crippen LogP contribution in [0.1, 0.15) is 27.4 Å². The van der Waals surface area contributed by atoms with E-state index in [0.29, 0.717) is 27.1 Å². The van der Waals surface area contributed by atoms with Crippen LogP contribution >= 0.6 is 22.9 Å². The topological polar surface area (TPSA) is 64.6 Å². The van der Waals surface area contributed by atoms with E-state index in [4.69, 9.17) is 21.1 Å². The van der Waals surface area contributed by atoms with E-state index < -0.39 is 0 Å². The molecule has 0 atom stereocenters. The fourth-order valence-electron chi connectivity index (χ4n) is 2.11. The van der Waals surface area contributed by atoms with Crippen LogP contribution in [-0.4, -0.2) is 25.9 Å². The van der Waals surface area contributed by atoms with Crippen LogP contribution in [0.25, 0.3) is 0 Å². The van der Waals surface area contributed by atoms with Gasteiger partial charge in [-0.3, -0.25) is 9.59 Å². The SMILES string of the molecule is COc1cc(OC)c(NC(=O)CCC(=O)c2ccc(C)s2)cc1Cl. The van der Waals surface area contributed by atoms with Gasteiger partial charge in [0.2, 0.25) is 5.91 Å². The van der Waals surface area contributed by atoms with Gasteiger partial charge in [0.25, 0.3) is 0 Å². The number of hydrogen-bond acceptors (Lipinski definition) is 5. The van der Waals surface area contributed by atoms with E-state index in [2.05, 4.69) is 5.32 Å². The molecule has 0 aliphatic heterocycles. The van der Waals surface area contributed by atoms with E-state index in [1.165, 1.54) is 25.6 Å². The van der Waals surface area contributed by atoms with Crippen molar-refractivity contribution in [2.75, 3.05) is 19.5 Å². The minimum atomic E-state index is -0.281. The summed E-state index contributed by atoms with van der Waals surface area (Å²) in [4.78, 5) is 25.9. The van der Waals surface area contributed by atoms with Crippen LogP contribution in [0.5, 0.6) is 11.5 Å². The number of ether oxygens (including phenoxy) is 2. The Morgan fingerprint density at radius 3 is 2.42 bits per heavy atom. The van der Waals surface area contributed by atoms with Crippen molar-refractivity contribution in [1.29, 1.82) is 0 Å². The highest BCUT2D eigenvalue weighted by atomic mass is 35.5. The Hall–Kier alpha value is -2.05. The highest BCUT2D eigenvalue weighted by Crippen LogP contribution is 2.36. The number of thiophene rings is 1. The van der Waals surface area contributed by atoms with Crippen LogP contribution in [0.4, 0.5) is 5.69 Å². The van der Waals surface area contributed by atoms with Gasteiger partial charge in [-0.2, -0.15) is 0 Å². The predicted octanol–water partition coefficient (Wildman–Crippen LogP) is 4.33. The Kier molecular flexibility index (Phi) is 6.23. The van der Waals surface area contributed by atoms with E-state index in [9.17, 15) is 9.59 Å². The monoisotopic (exact) mass is 367 g/mol. The number of carbonyl (C=O) groups is 2. The Bertz CT molecular complexity index is 757. The maximum absolute atomic E-state index is 12.1. The van der Waals surface area contributed by atoms with E-state index in [-0.39, 0.29) is 24.5 Å². The molecule has 24 heavy (non-hydrogen) atoms. The van der Waals surface area contributed by atoms with E-state index in [1.807, 2.05) is 13.0 Å². The summed E-state index contributed by atoms with van der Waals surface area (Å²) in [7, 11) is 2.98. The zero-order chi connectivity index (χ0) is 17.7. The molecule has 1 amide bonds. The van der Waals surface area contributed by atoms with Crippen molar-refractivity contribution < 1.29 is 19.1 Å². The average molecular weight is 368 g/mol. The van der Waals surface area contributed by atoms with E-state index in [0.717, 1.165) is 4.88 Å². The molecule has 0 unspecified atom stereocenters. The number of hydrogen-bond donors (Lipinski definition) is 1. The Morgan fingerprint density at radius 2 is 1.83 bits per heavy atom. The minimum Gasteiger partial charge on any atom is -0.495 e. The number of Topliss-reactive ketones (excluding diaryl/α,β-unsaturated/α-hetero) is 1. The normalized spacial score (nSPS) is 10.3. The summed E-state index contributed by atoms with van der Waals surface area (Å²) in [6.07, 6.45) is 0.237. The summed E-state index contributed by atoms with van der Waals surface area (Å²) in [5, 5.41) is 3.07. The molecule has 2 aromatic rings. The highest BCUT2D eigenvalue weighted by Gasteiger charge is 2.15. The summed E-state index contributed by atoms with van der Waals surface area (Å²) in [5.41, 5.74) is 0.438. The maximum Gasteiger partial charge on any atom is 0.224 e. The molecule has 0 aliphatic carbocycles. The lowest BCUT2D eigenvalue weighted by Gasteiger charge is -2.13. The van der Waals surface area contributed by atoms with Crippen molar-refractivity contribution in [2.45, 2.75) is 19.8 Å². The molecule has 0 aliphatic rings. The van der Waals surface area contributed by atoms with E-state index in [1.54, 1.807) is 18.2 Å².